The van der Waals surface area contributed by atoms with Gasteiger partial charge < -0.3 is 11.1 Å². The molecule has 15 heavy (non-hydrogen) atoms. The van der Waals surface area contributed by atoms with Gasteiger partial charge in [-0.2, -0.15) is 0 Å². The first kappa shape index (κ1) is 10.3. The SMILES string of the molecule is Nc1ccc(NCc2ccc(Cl)s2)cc1. The van der Waals surface area contributed by atoms with Gasteiger partial charge in [0.05, 0.1) is 4.34 Å². The van der Waals surface area contributed by atoms with Gasteiger partial charge in [0.25, 0.3) is 0 Å². The second-order valence-electron chi connectivity index (χ2n) is 3.18. The van der Waals surface area contributed by atoms with Gasteiger partial charge in [0.1, 0.15) is 0 Å². The van der Waals surface area contributed by atoms with Crippen LogP contribution in [0.15, 0.2) is 36.4 Å². The molecular formula is C11H11ClN2S. The molecule has 2 aromatic rings. The van der Waals surface area contributed by atoms with Crippen LogP contribution in [0.5, 0.6) is 0 Å². The second kappa shape index (κ2) is 4.55. The third kappa shape index (κ3) is 2.88. The van der Waals surface area contributed by atoms with Crippen molar-refractivity contribution in [3.63, 3.8) is 0 Å². The van der Waals surface area contributed by atoms with Crippen molar-refractivity contribution in [3.05, 3.63) is 45.6 Å². The zero-order valence-electron chi connectivity index (χ0n) is 8.03. The molecule has 0 aliphatic rings. The predicted molar refractivity (Wildman–Crippen MR) is 67.5 cm³/mol. The van der Waals surface area contributed by atoms with Crippen molar-refractivity contribution in [2.24, 2.45) is 0 Å². The number of rotatable bonds is 3. The number of nitrogens with two attached hydrogens (primary N) is 1. The third-order valence-corrected chi connectivity index (χ3v) is 3.24. The van der Waals surface area contributed by atoms with Crippen LogP contribution < -0.4 is 11.1 Å². The van der Waals surface area contributed by atoms with Crippen LogP contribution in [0.4, 0.5) is 11.4 Å². The molecule has 0 amide bonds. The van der Waals surface area contributed by atoms with Gasteiger partial charge in [0, 0.05) is 22.8 Å². The summed E-state index contributed by atoms with van der Waals surface area (Å²) in [6.07, 6.45) is 0. The molecule has 0 bridgehead atoms. The highest BCUT2D eigenvalue weighted by Crippen LogP contribution is 2.22. The molecule has 0 atom stereocenters. The van der Waals surface area contributed by atoms with Crippen molar-refractivity contribution in [2.75, 3.05) is 11.1 Å². The van der Waals surface area contributed by atoms with Gasteiger partial charge in [-0.05, 0) is 36.4 Å². The predicted octanol–water partition coefficient (Wildman–Crippen LogP) is 3.60. The largest absolute Gasteiger partial charge is 0.399 e. The first-order valence-electron chi connectivity index (χ1n) is 4.58. The standard InChI is InChI=1S/C11H11ClN2S/c12-11-6-5-10(15-11)7-14-9-3-1-8(13)2-4-9/h1-6,14H,7,13H2. The summed E-state index contributed by atoms with van der Waals surface area (Å²) in [7, 11) is 0. The van der Waals surface area contributed by atoms with Gasteiger partial charge in [-0.15, -0.1) is 11.3 Å². The van der Waals surface area contributed by atoms with E-state index in [0.29, 0.717) is 0 Å². The summed E-state index contributed by atoms with van der Waals surface area (Å²) in [6, 6.07) is 11.6. The first-order valence-corrected chi connectivity index (χ1v) is 5.77. The van der Waals surface area contributed by atoms with E-state index >= 15 is 0 Å². The molecular weight excluding hydrogens is 228 g/mol. The first-order chi connectivity index (χ1) is 7.24. The van der Waals surface area contributed by atoms with Crippen molar-refractivity contribution in [1.29, 1.82) is 0 Å². The number of nitrogen functional groups attached to an aromatic ring is 1. The lowest BCUT2D eigenvalue weighted by molar-refractivity contribution is 1.19. The van der Waals surface area contributed by atoms with E-state index in [-0.39, 0.29) is 0 Å². The molecule has 1 aromatic carbocycles. The number of nitrogens with one attached hydrogen (secondary N) is 1. The van der Waals surface area contributed by atoms with Crippen LogP contribution >= 0.6 is 22.9 Å². The fourth-order valence-corrected chi connectivity index (χ4v) is 2.26. The fourth-order valence-electron chi connectivity index (χ4n) is 1.24. The Morgan fingerprint density at radius 3 is 2.47 bits per heavy atom. The maximum Gasteiger partial charge on any atom is 0.0931 e. The minimum Gasteiger partial charge on any atom is -0.399 e. The van der Waals surface area contributed by atoms with Gasteiger partial charge in [-0.25, -0.2) is 0 Å². The molecule has 0 aliphatic carbocycles. The Kier molecular flexibility index (Phi) is 3.14. The zero-order valence-corrected chi connectivity index (χ0v) is 9.61. The Morgan fingerprint density at radius 1 is 1.13 bits per heavy atom. The highest BCUT2D eigenvalue weighted by Gasteiger charge is 1.97. The summed E-state index contributed by atoms with van der Waals surface area (Å²) in [5.74, 6) is 0. The Morgan fingerprint density at radius 2 is 1.87 bits per heavy atom. The Labute approximate surface area is 97.7 Å². The maximum absolute atomic E-state index is 5.84. The Balaban J connectivity index is 1.96. The van der Waals surface area contributed by atoms with E-state index in [2.05, 4.69) is 5.32 Å². The molecule has 3 N–H and O–H groups in total. The van der Waals surface area contributed by atoms with Gasteiger partial charge >= 0.3 is 0 Å². The van der Waals surface area contributed by atoms with Crippen molar-refractivity contribution in [2.45, 2.75) is 6.54 Å². The van der Waals surface area contributed by atoms with Gasteiger partial charge in [0.2, 0.25) is 0 Å². The summed E-state index contributed by atoms with van der Waals surface area (Å²) in [6.45, 7) is 0.793. The van der Waals surface area contributed by atoms with E-state index in [9.17, 15) is 0 Å². The van der Waals surface area contributed by atoms with Crippen LogP contribution in [-0.2, 0) is 6.54 Å². The lowest BCUT2D eigenvalue weighted by atomic mass is 10.3. The van der Waals surface area contributed by atoms with Crippen LogP contribution in [0.3, 0.4) is 0 Å². The molecule has 0 aliphatic heterocycles. The Bertz CT molecular complexity index is 436. The van der Waals surface area contributed by atoms with Crippen LogP contribution in [-0.4, -0.2) is 0 Å². The minimum atomic E-state index is 0.778. The van der Waals surface area contributed by atoms with Gasteiger partial charge in [-0.3, -0.25) is 0 Å². The van der Waals surface area contributed by atoms with Crippen LogP contribution in [0.25, 0.3) is 0 Å². The van der Waals surface area contributed by atoms with Crippen molar-refractivity contribution >= 4 is 34.3 Å². The fraction of sp³-hybridized carbons (Fsp3) is 0.0909. The summed E-state index contributed by atoms with van der Waals surface area (Å²) in [5, 5.41) is 3.30. The number of anilines is 2. The second-order valence-corrected chi connectivity index (χ2v) is 4.98. The molecule has 0 radical (unpaired) electrons. The average Bonchev–Trinajstić information content (AvgIpc) is 2.64. The lowest BCUT2D eigenvalue weighted by Gasteiger charge is -2.04. The topological polar surface area (TPSA) is 38.0 Å². The molecule has 78 valence electrons. The van der Waals surface area contributed by atoms with Crippen LogP contribution in [0.1, 0.15) is 4.88 Å². The molecule has 0 unspecified atom stereocenters. The van der Waals surface area contributed by atoms with E-state index in [1.54, 1.807) is 11.3 Å². The van der Waals surface area contributed by atoms with E-state index in [4.69, 9.17) is 17.3 Å². The molecule has 0 spiro atoms. The Hall–Kier alpha value is -1.19. The van der Waals surface area contributed by atoms with E-state index in [0.717, 1.165) is 22.3 Å². The van der Waals surface area contributed by atoms with E-state index < -0.39 is 0 Å². The number of halogens is 1. The molecule has 4 heteroatoms. The average molecular weight is 239 g/mol. The van der Waals surface area contributed by atoms with Gasteiger partial charge in [0.15, 0.2) is 0 Å². The number of hydrogen-bond donors (Lipinski definition) is 2. The van der Waals surface area contributed by atoms with Crippen molar-refractivity contribution in [3.8, 4) is 0 Å². The maximum atomic E-state index is 5.84. The quantitative estimate of drug-likeness (QED) is 0.802. The van der Waals surface area contributed by atoms with E-state index in [1.165, 1.54) is 4.88 Å². The molecule has 1 aromatic heterocycles. The summed E-state index contributed by atoms with van der Waals surface area (Å²) < 4.78 is 0.823. The number of thiophene rings is 1. The normalized spacial score (nSPS) is 10.2. The summed E-state index contributed by atoms with van der Waals surface area (Å²) >= 11 is 7.43. The highest BCUT2D eigenvalue weighted by molar-refractivity contribution is 7.16. The molecule has 0 fully saturated rings. The third-order valence-electron chi connectivity index (χ3n) is 2.01. The van der Waals surface area contributed by atoms with Crippen LogP contribution in [0.2, 0.25) is 4.34 Å². The number of benzene rings is 1. The highest BCUT2D eigenvalue weighted by atomic mass is 35.5. The van der Waals surface area contributed by atoms with Crippen molar-refractivity contribution < 1.29 is 0 Å². The molecule has 0 saturated carbocycles. The number of hydrogen-bond acceptors (Lipinski definition) is 3. The monoisotopic (exact) mass is 238 g/mol. The van der Waals surface area contributed by atoms with E-state index in [1.807, 2.05) is 36.4 Å². The molecule has 2 rings (SSSR count). The molecule has 0 saturated heterocycles. The van der Waals surface area contributed by atoms with Crippen LogP contribution in [0, 0.1) is 0 Å². The smallest absolute Gasteiger partial charge is 0.0931 e. The van der Waals surface area contributed by atoms with Gasteiger partial charge in [-0.1, -0.05) is 11.6 Å². The minimum absolute atomic E-state index is 0.778. The summed E-state index contributed by atoms with van der Waals surface area (Å²) in [5.41, 5.74) is 7.44. The summed E-state index contributed by atoms with van der Waals surface area (Å²) in [4.78, 5) is 1.22. The molecule has 1 heterocycles. The lowest BCUT2D eigenvalue weighted by Crippen LogP contribution is -1.97. The molecule has 2 nitrogen and oxygen atoms in total. The zero-order chi connectivity index (χ0) is 10.7. The van der Waals surface area contributed by atoms with Crippen molar-refractivity contribution in [1.82, 2.24) is 0 Å².